The number of nitrogens with zero attached hydrogens (tertiary/aromatic N) is 3. The summed E-state index contributed by atoms with van der Waals surface area (Å²) in [6, 6.07) is 4.93. The molecule has 2 rings (SSSR count). The highest BCUT2D eigenvalue weighted by Gasteiger charge is 2.19. The second-order valence-electron chi connectivity index (χ2n) is 6.94. The number of unbranched alkanes of at least 4 members (excludes halogenated alkanes) is 3. The van der Waals surface area contributed by atoms with Gasteiger partial charge in [-0.2, -0.15) is 0 Å². The number of amides is 1. The minimum Gasteiger partial charge on any atom is -0.356 e. The Kier molecular flexibility index (Phi) is 7.38. The van der Waals surface area contributed by atoms with Crippen molar-refractivity contribution in [2.75, 3.05) is 20.6 Å². The number of carbonyl (C=O) groups is 1. The van der Waals surface area contributed by atoms with E-state index >= 15 is 0 Å². The molecule has 1 heterocycles. The largest absolute Gasteiger partial charge is 0.356 e. The van der Waals surface area contributed by atoms with Crippen LogP contribution in [0.4, 0.5) is 0 Å². The first-order chi connectivity index (χ1) is 12.8. The number of aryl methyl sites for hydroxylation is 2. The number of hydrogen-bond acceptors (Lipinski definition) is 4. The van der Waals surface area contributed by atoms with E-state index in [9.17, 15) is 13.2 Å². The van der Waals surface area contributed by atoms with Crippen molar-refractivity contribution in [2.24, 2.45) is 7.05 Å². The maximum absolute atomic E-state index is 12.3. The number of nitrogens with one attached hydrogen (secondary N) is 1. The third-order valence-electron chi connectivity index (χ3n) is 4.65. The van der Waals surface area contributed by atoms with Crippen LogP contribution in [0.15, 0.2) is 23.1 Å². The van der Waals surface area contributed by atoms with Crippen LogP contribution in [0.1, 0.15) is 44.9 Å². The van der Waals surface area contributed by atoms with Gasteiger partial charge >= 0.3 is 0 Å². The molecule has 1 N–H and O–H groups in total. The summed E-state index contributed by atoms with van der Waals surface area (Å²) in [5.41, 5.74) is 1.47. The predicted octanol–water partition coefficient (Wildman–Crippen LogP) is 2.45. The van der Waals surface area contributed by atoms with Crippen molar-refractivity contribution in [3.63, 3.8) is 0 Å². The lowest BCUT2D eigenvalue weighted by molar-refractivity contribution is -0.121. The van der Waals surface area contributed by atoms with E-state index in [1.165, 1.54) is 31.2 Å². The van der Waals surface area contributed by atoms with Crippen LogP contribution in [0.25, 0.3) is 11.0 Å². The number of imidazole rings is 1. The molecule has 0 radical (unpaired) electrons. The van der Waals surface area contributed by atoms with Gasteiger partial charge in [0.1, 0.15) is 5.82 Å². The first-order valence-electron chi connectivity index (χ1n) is 9.42. The molecule has 0 aliphatic carbocycles. The molecule has 0 fully saturated rings. The Morgan fingerprint density at radius 2 is 1.96 bits per heavy atom. The average molecular weight is 395 g/mol. The number of fused-ring (bicyclic) bond motifs is 1. The van der Waals surface area contributed by atoms with E-state index in [-0.39, 0.29) is 10.8 Å². The molecule has 2 aromatic rings. The van der Waals surface area contributed by atoms with Crippen LogP contribution in [-0.2, 0) is 28.3 Å². The predicted molar refractivity (Wildman–Crippen MR) is 107 cm³/mol. The molecule has 0 saturated heterocycles. The zero-order valence-electron chi connectivity index (χ0n) is 16.7. The Bertz CT molecular complexity index is 888. The molecule has 0 aliphatic rings. The van der Waals surface area contributed by atoms with E-state index in [0.717, 1.165) is 24.2 Å². The first-order valence-corrected chi connectivity index (χ1v) is 10.9. The first kappa shape index (κ1) is 21.4. The summed E-state index contributed by atoms with van der Waals surface area (Å²) in [4.78, 5) is 16.8. The fourth-order valence-corrected chi connectivity index (χ4v) is 3.84. The number of sulfonamides is 1. The minimum absolute atomic E-state index is 0.0226. The van der Waals surface area contributed by atoms with Gasteiger partial charge in [-0.15, -0.1) is 0 Å². The van der Waals surface area contributed by atoms with Crippen molar-refractivity contribution in [2.45, 2.75) is 50.3 Å². The summed E-state index contributed by atoms with van der Waals surface area (Å²) >= 11 is 0. The monoisotopic (exact) mass is 394 g/mol. The van der Waals surface area contributed by atoms with Crippen molar-refractivity contribution in [1.29, 1.82) is 0 Å². The van der Waals surface area contributed by atoms with Gasteiger partial charge in [-0.25, -0.2) is 17.7 Å². The summed E-state index contributed by atoms with van der Waals surface area (Å²) < 4.78 is 27.7. The van der Waals surface area contributed by atoms with E-state index in [2.05, 4.69) is 17.2 Å². The second kappa shape index (κ2) is 9.32. The molecule has 1 amide bonds. The molecule has 0 unspecified atom stereocenters. The number of hydrogen-bond donors (Lipinski definition) is 1. The van der Waals surface area contributed by atoms with Gasteiger partial charge < -0.3 is 9.88 Å². The Hall–Kier alpha value is -1.93. The molecule has 7 nitrogen and oxygen atoms in total. The molecule has 1 aromatic heterocycles. The van der Waals surface area contributed by atoms with E-state index < -0.39 is 10.0 Å². The standard InChI is InChI=1S/C19H30N4O3S/c1-5-6-7-8-13-20-19(24)12-11-18-21-16-14-15(27(25,26)22(2)3)9-10-17(16)23(18)4/h9-10,14H,5-8,11-13H2,1-4H3,(H,20,24). The summed E-state index contributed by atoms with van der Waals surface area (Å²) in [7, 11) is 1.40. The Labute approximate surface area is 161 Å². The van der Waals surface area contributed by atoms with Crippen molar-refractivity contribution >= 4 is 27.0 Å². The number of aromatic nitrogens is 2. The molecule has 0 atom stereocenters. The van der Waals surface area contributed by atoms with Gasteiger partial charge in [0.15, 0.2) is 0 Å². The van der Waals surface area contributed by atoms with Gasteiger partial charge in [0, 0.05) is 40.5 Å². The molecule has 8 heteroatoms. The maximum Gasteiger partial charge on any atom is 0.242 e. The van der Waals surface area contributed by atoms with Crippen LogP contribution < -0.4 is 5.32 Å². The van der Waals surface area contributed by atoms with Gasteiger partial charge in [-0.3, -0.25) is 4.79 Å². The highest BCUT2D eigenvalue weighted by molar-refractivity contribution is 7.89. The van der Waals surface area contributed by atoms with E-state index in [1.807, 2.05) is 11.6 Å². The SMILES string of the molecule is CCCCCCNC(=O)CCc1nc2cc(S(=O)(=O)N(C)C)ccc2n1C. The van der Waals surface area contributed by atoms with Crippen molar-refractivity contribution in [1.82, 2.24) is 19.2 Å². The van der Waals surface area contributed by atoms with Crippen molar-refractivity contribution in [3.05, 3.63) is 24.0 Å². The van der Waals surface area contributed by atoms with E-state index in [4.69, 9.17) is 0 Å². The molecular formula is C19H30N4O3S. The third-order valence-corrected chi connectivity index (χ3v) is 6.46. The summed E-state index contributed by atoms with van der Waals surface area (Å²) in [6.07, 6.45) is 5.41. The van der Waals surface area contributed by atoms with Crippen molar-refractivity contribution < 1.29 is 13.2 Å². The van der Waals surface area contributed by atoms with Crippen LogP contribution in [0, 0.1) is 0 Å². The number of benzene rings is 1. The molecule has 150 valence electrons. The molecule has 27 heavy (non-hydrogen) atoms. The van der Waals surface area contributed by atoms with Gasteiger partial charge in [-0.1, -0.05) is 26.2 Å². The summed E-state index contributed by atoms with van der Waals surface area (Å²) in [5, 5.41) is 2.95. The molecule has 0 spiro atoms. The minimum atomic E-state index is -3.49. The smallest absolute Gasteiger partial charge is 0.242 e. The zero-order chi connectivity index (χ0) is 20.0. The van der Waals surface area contributed by atoms with Gasteiger partial charge in [0.05, 0.1) is 15.9 Å². The molecule has 1 aromatic carbocycles. The maximum atomic E-state index is 12.3. The molecule has 0 aliphatic heterocycles. The molecular weight excluding hydrogens is 364 g/mol. The van der Waals surface area contributed by atoms with Gasteiger partial charge in [0.2, 0.25) is 15.9 Å². The average Bonchev–Trinajstić information content (AvgIpc) is 2.95. The summed E-state index contributed by atoms with van der Waals surface area (Å²) in [5.74, 6) is 0.792. The summed E-state index contributed by atoms with van der Waals surface area (Å²) in [6.45, 7) is 2.88. The fourth-order valence-electron chi connectivity index (χ4n) is 2.92. The Balaban J connectivity index is 2.03. The highest BCUT2D eigenvalue weighted by Crippen LogP contribution is 2.21. The van der Waals surface area contributed by atoms with Crippen molar-refractivity contribution in [3.8, 4) is 0 Å². The van der Waals surface area contributed by atoms with Crippen LogP contribution in [0.5, 0.6) is 0 Å². The lowest BCUT2D eigenvalue weighted by Crippen LogP contribution is -2.24. The zero-order valence-corrected chi connectivity index (χ0v) is 17.5. The van der Waals surface area contributed by atoms with Crippen LogP contribution in [0.2, 0.25) is 0 Å². The second-order valence-corrected chi connectivity index (χ2v) is 9.09. The number of carbonyl (C=O) groups excluding carboxylic acids is 1. The van der Waals surface area contributed by atoms with E-state index in [1.54, 1.807) is 18.2 Å². The normalized spacial score (nSPS) is 12.0. The lowest BCUT2D eigenvalue weighted by atomic mass is 10.2. The van der Waals surface area contributed by atoms with E-state index in [0.29, 0.717) is 24.9 Å². The Morgan fingerprint density at radius 1 is 1.22 bits per heavy atom. The van der Waals surface area contributed by atoms with Crippen LogP contribution in [-0.4, -0.2) is 48.8 Å². The fraction of sp³-hybridized carbons (Fsp3) is 0.579. The number of rotatable bonds is 10. The third kappa shape index (κ3) is 5.29. The van der Waals surface area contributed by atoms with Crippen LogP contribution in [0.3, 0.4) is 0 Å². The molecule has 0 saturated carbocycles. The van der Waals surface area contributed by atoms with Gasteiger partial charge in [-0.05, 0) is 24.6 Å². The Morgan fingerprint density at radius 3 is 2.63 bits per heavy atom. The topological polar surface area (TPSA) is 84.3 Å². The lowest BCUT2D eigenvalue weighted by Gasteiger charge is -2.10. The molecule has 0 bridgehead atoms. The highest BCUT2D eigenvalue weighted by atomic mass is 32.2. The quantitative estimate of drug-likeness (QED) is 0.627. The van der Waals surface area contributed by atoms with Crippen LogP contribution >= 0.6 is 0 Å². The van der Waals surface area contributed by atoms with Gasteiger partial charge in [0.25, 0.3) is 0 Å².